The van der Waals surface area contributed by atoms with E-state index in [4.69, 9.17) is 10.5 Å². The van der Waals surface area contributed by atoms with Crippen LogP contribution in [-0.4, -0.2) is 43.7 Å². The van der Waals surface area contributed by atoms with E-state index in [1.54, 1.807) is 4.90 Å². The smallest absolute Gasteiger partial charge is 0.225 e. The molecule has 0 aromatic heterocycles. The second-order valence-corrected chi connectivity index (χ2v) is 4.69. The van der Waals surface area contributed by atoms with Crippen molar-refractivity contribution in [1.29, 1.82) is 0 Å². The third kappa shape index (κ3) is 4.10. The van der Waals surface area contributed by atoms with Gasteiger partial charge in [0.1, 0.15) is 0 Å². The Morgan fingerprint density at radius 3 is 2.94 bits per heavy atom. The van der Waals surface area contributed by atoms with Crippen LogP contribution in [0.2, 0.25) is 0 Å². The van der Waals surface area contributed by atoms with Crippen LogP contribution in [0.5, 0.6) is 0 Å². The molecule has 1 aliphatic rings. The van der Waals surface area contributed by atoms with Crippen LogP contribution in [0.25, 0.3) is 0 Å². The van der Waals surface area contributed by atoms with Gasteiger partial charge in [0.05, 0.1) is 6.10 Å². The lowest BCUT2D eigenvalue weighted by Crippen LogP contribution is -2.37. The van der Waals surface area contributed by atoms with Gasteiger partial charge in [-0.05, 0) is 32.2 Å². The summed E-state index contributed by atoms with van der Waals surface area (Å²) in [5, 5.41) is 0. The van der Waals surface area contributed by atoms with Crippen molar-refractivity contribution in [1.82, 2.24) is 4.90 Å². The van der Waals surface area contributed by atoms with Gasteiger partial charge in [-0.1, -0.05) is 6.92 Å². The van der Waals surface area contributed by atoms with Crippen LogP contribution in [-0.2, 0) is 9.53 Å². The van der Waals surface area contributed by atoms with Gasteiger partial charge in [-0.3, -0.25) is 4.79 Å². The molecule has 0 aliphatic carbocycles. The molecule has 94 valence electrons. The van der Waals surface area contributed by atoms with Gasteiger partial charge in [-0.2, -0.15) is 0 Å². The van der Waals surface area contributed by atoms with Crippen molar-refractivity contribution >= 4 is 5.91 Å². The van der Waals surface area contributed by atoms with Gasteiger partial charge >= 0.3 is 0 Å². The maximum Gasteiger partial charge on any atom is 0.225 e. The molecule has 1 fully saturated rings. The molecular weight excluding hydrogens is 204 g/mol. The van der Waals surface area contributed by atoms with Gasteiger partial charge in [-0.25, -0.2) is 0 Å². The van der Waals surface area contributed by atoms with E-state index in [0.29, 0.717) is 6.54 Å². The lowest BCUT2D eigenvalue weighted by Gasteiger charge is -2.24. The lowest BCUT2D eigenvalue weighted by molar-refractivity contribution is -0.135. The zero-order chi connectivity index (χ0) is 12.0. The average molecular weight is 228 g/mol. The Morgan fingerprint density at radius 2 is 2.38 bits per heavy atom. The van der Waals surface area contributed by atoms with Crippen molar-refractivity contribution in [2.75, 3.05) is 26.7 Å². The first-order valence-electron chi connectivity index (χ1n) is 6.21. The lowest BCUT2D eigenvalue weighted by atomic mass is 10.0. The number of nitrogens with zero attached hydrogens (tertiary/aromatic N) is 1. The monoisotopic (exact) mass is 228 g/mol. The van der Waals surface area contributed by atoms with Gasteiger partial charge in [-0.15, -0.1) is 0 Å². The first kappa shape index (κ1) is 13.5. The van der Waals surface area contributed by atoms with E-state index >= 15 is 0 Å². The molecule has 0 aromatic carbocycles. The minimum atomic E-state index is 0.0787. The van der Waals surface area contributed by atoms with Crippen LogP contribution in [0.3, 0.4) is 0 Å². The number of carbonyl (C=O) groups excluding carboxylic acids is 1. The number of amides is 1. The zero-order valence-corrected chi connectivity index (χ0v) is 10.4. The molecule has 0 saturated carbocycles. The predicted molar refractivity (Wildman–Crippen MR) is 64.1 cm³/mol. The van der Waals surface area contributed by atoms with Crippen molar-refractivity contribution in [2.45, 2.75) is 38.7 Å². The Balaban J connectivity index is 2.28. The summed E-state index contributed by atoms with van der Waals surface area (Å²) in [5.74, 6) is 0.291. The first-order valence-corrected chi connectivity index (χ1v) is 6.21. The molecule has 1 rings (SSSR count). The summed E-state index contributed by atoms with van der Waals surface area (Å²) in [6.45, 7) is 4.21. The van der Waals surface area contributed by atoms with Crippen LogP contribution >= 0.6 is 0 Å². The number of likely N-dealkylation sites (N-methyl/N-ethyl adjacent to an activating group) is 1. The highest BCUT2D eigenvalue weighted by Gasteiger charge is 2.22. The van der Waals surface area contributed by atoms with E-state index in [2.05, 4.69) is 0 Å². The molecule has 4 nitrogen and oxygen atoms in total. The Morgan fingerprint density at radius 1 is 1.62 bits per heavy atom. The summed E-state index contributed by atoms with van der Waals surface area (Å²) < 4.78 is 5.52. The van der Waals surface area contributed by atoms with Crippen LogP contribution < -0.4 is 5.73 Å². The van der Waals surface area contributed by atoms with Gasteiger partial charge in [0.25, 0.3) is 0 Å². The average Bonchev–Trinajstić information content (AvgIpc) is 2.77. The first-order chi connectivity index (χ1) is 7.65. The van der Waals surface area contributed by atoms with Crippen molar-refractivity contribution in [3.05, 3.63) is 0 Å². The molecule has 2 atom stereocenters. The van der Waals surface area contributed by atoms with Crippen molar-refractivity contribution < 1.29 is 9.53 Å². The van der Waals surface area contributed by atoms with E-state index in [1.165, 1.54) is 0 Å². The molecule has 16 heavy (non-hydrogen) atoms. The number of carbonyl (C=O) groups is 1. The third-order valence-electron chi connectivity index (χ3n) is 3.14. The highest BCUT2D eigenvalue weighted by molar-refractivity contribution is 5.78. The molecule has 0 spiro atoms. The van der Waals surface area contributed by atoms with Crippen LogP contribution in [0.4, 0.5) is 0 Å². The maximum atomic E-state index is 12.0. The maximum absolute atomic E-state index is 12.0. The summed E-state index contributed by atoms with van der Waals surface area (Å²) in [5.41, 5.74) is 5.44. The topological polar surface area (TPSA) is 55.6 Å². The van der Waals surface area contributed by atoms with E-state index in [1.807, 2.05) is 14.0 Å². The number of hydrogen-bond donors (Lipinski definition) is 1. The molecule has 1 amide bonds. The van der Waals surface area contributed by atoms with Gasteiger partial charge in [0, 0.05) is 26.1 Å². The SMILES string of the molecule is CC(CCCN)C(=O)N(C)CC1CCCO1. The van der Waals surface area contributed by atoms with Crippen molar-refractivity contribution in [3.63, 3.8) is 0 Å². The summed E-state index contributed by atoms with van der Waals surface area (Å²) in [7, 11) is 1.86. The van der Waals surface area contributed by atoms with Crippen LogP contribution in [0, 0.1) is 5.92 Å². The zero-order valence-electron chi connectivity index (χ0n) is 10.4. The number of nitrogens with two attached hydrogens (primary N) is 1. The molecule has 2 N–H and O–H groups in total. The van der Waals surface area contributed by atoms with Crippen molar-refractivity contribution in [2.24, 2.45) is 11.7 Å². The van der Waals surface area contributed by atoms with E-state index in [9.17, 15) is 4.79 Å². The second kappa shape index (κ2) is 6.86. The molecule has 1 aliphatic heterocycles. The fourth-order valence-corrected chi connectivity index (χ4v) is 2.11. The molecule has 1 saturated heterocycles. The number of rotatable bonds is 6. The largest absolute Gasteiger partial charge is 0.376 e. The Hall–Kier alpha value is -0.610. The quantitative estimate of drug-likeness (QED) is 0.738. The summed E-state index contributed by atoms with van der Waals surface area (Å²) in [6.07, 6.45) is 4.24. The van der Waals surface area contributed by atoms with E-state index in [0.717, 1.165) is 38.8 Å². The molecule has 0 bridgehead atoms. The minimum absolute atomic E-state index is 0.0787. The van der Waals surface area contributed by atoms with Crippen molar-refractivity contribution in [3.8, 4) is 0 Å². The molecular formula is C12H24N2O2. The van der Waals surface area contributed by atoms with Gasteiger partial charge < -0.3 is 15.4 Å². The minimum Gasteiger partial charge on any atom is -0.376 e. The molecule has 4 heteroatoms. The predicted octanol–water partition coefficient (Wildman–Crippen LogP) is 0.999. The highest BCUT2D eigenvalue weighted by atomic mass is 16.5. The summed E-state index contributed by atoms with van der Waals surface area (Å²) in [6, 6.07) is 0. The Bertz CT molecular complexity index is 215. The fourth-order valence-electron chi connectivity index (χ4n) is 2.11. The number of ether oxygens (including phenoxy) is 1. The van der Waals surface area contributed by atoms with Crippen LogP contribution in [0.15, 0.2) is 0 Å². The molecule has 0 aromatic rings. The summed E-state index contributed by atoms with van der Waals surface area (Å²) in [4.78, 5) is 13.8. The van der Waals surface area contributed by atoms with Gasteiger partial charge in [0.2, 0.25) is 5.91 Å². The Kier molecular flexibility index (Phi) is 5.77. The van der Waals surface area contributed by atoms with E-state index in [-0.39, 0.29) is 17.9 Å². The van der Waals surface area contributed by atoms with Crippen LogP contribution in [0.1, 0.15) is 32.6 Å². The molecule has 0 radical (unpaired) electrons. The Labute approximate surface area is 98.1 Å². The summed E-state index contributed by atoms with van der Waals surface area (Å²) >= 11 is 0. The number of hydrogen-bond acceptors (Lipinski definition) is 3. The highest BCUT2D eigenvalue weighted by Crippen LogP contribution is 2.15. The standard InChI is InChI=1S/C12H24N2O2/c1-10(5-3-7-13)12(15)14(2)9-11-6-4-8-16-11/h10-11H,3-9,13H2,1-2H3. The molecule has 1 heterocycles. The fraction of sp³-hybridized carbons (Fsp3) is 0.917. The molecule has 2 unspecified atom stereocenters. The normalized spacial score (nSPS) is 22.1. The second-order valence-electron chi connectivity index (χ2n) is 4.69. The van der Waals surface area contributed by atoms with Gasteiger partial charge in [0.15, 0.2) is 0 Å². The van der Waals surface area contributed by atoms with E-state index < -0.39 is 0 Å². The third-order valence-corrected chi connectivity index (χ3v) is 3.14.